The van der Waals surface area contributed by atoms with Gasteiger partial charge >= 0.3 is 0 Å². The van der Waals surface area contributed by atoms with E-state index in [1.807, 2.05) is 25.1 Å². The number of carbonyl (C=O) groups excluding carboxylic acids is 1. The molecule has 1 atom stereocenters. The van der Waals surface area contributed by atoms with Gasteiger partial charge < -0.3 is 15.1 Å². The molecule has 2 aromatic carbocycles. The molecule has 4 nitrogen and oxygen atoms in total. The van der Waals surface area contributed by atoms with E-state index in [0.29, 0.717) is 6.54 Å². The molecule has 1 aliphatic rings. The summed E-state index contributed by atoms with van der Waals surface area (Å²) in [5, 5.41) is 3.93. The van der Waals surface area contributed by atoms with E-state index >= 15 is 0 Å². The van der Waals surface area contributed by atoms with E-state index in [1.165, 1.54) is 10.5 Å². The third-order valence-corrected chi connectivity index (χ3v) is 5.66. The summed E-state index contributed by atoms with van der Waals surface area (Å²) in [5.74, 6) is 0.114. The number of nitrogens with one attached hydrogen (secondary N) is 2. The minimum absolute atomic E-state index is 0.0345. The molecule has 1 heterocycles. The van der Waals surface area contributed by atoms with Crippen LogP contribution in [0.3, 0.4) is 0 Å². The van der Waals surface area contributed by atoms with Gasteiger partial charge in [0.25, 0.3) is 5.91 Å². The second-order valence-corrected chi connectivity index (χ2v) is 7.66. The fourth-order valence-electron chi connectivity index (χ4n) is 3.59. The molecule has 0 radical (unpaired) electrons. The molecule has 1 fully saturated rings. The Bertz CT molecular complexity index is 754. The first-order valence-electron chi connectivity index (χ1n) is 9.78. The molecule has 0 spiro atoms. The number of carbonyl (C=O) groups is 1. The fraction of sp³-hybridized carbons (Fsp3) is 0.409. The first kappa shape index (κ1) is 19.7. The van der Waals surface area contributed by atoms with Crippen LogP contribution in [0.2, 0.25) is 5.02 Å². The van der Waals surface area contributed by atoms with Crippen molar-refractivity contribution in [2.24, 2.45) is 0 Å². The number of amides is 1. The van der Waals surface area contributed by atoms with Crippen LogP contribution in [0.5, 0.6) is 0 Å². The Labute approximate surface area is 167 Å². The minimum atomic E-state index is 0.0345. The van der Waals surface area contributed by atoms with Crippen molar-refractivity contribution in [2.75, 3.05) is 37.6 Å². The van der Waals surface area contributed by atoms with Crippen LogP contribution < -0.4 is 15.1 Å². The number of hydrogen-bond acceptors (Lipinski definition) is 2. The zero-order valence-corrected chi connectivity index (χ0v) is 16.9. The second kappa shape index (κ2) is 9.25. The normalized spacial score (nSPS) is 16.2. The molecule has 1 saturated heterocycles. The van der Waals surface area contributed by atoms with Crippen molar-refractivity contribution in [3.63, 3.8) is 0 Å². The van der Waals surface area contributed by atoms with E-state index in [1.54, 1.807) is 0 Å². The molecule has 3 rings (SSSR count). The average Bonchev–Trinajstić information content (AvgIpc) is 2.69. The maximum Gasteiger partial charge on any atom is 0.275 e. The van der Waals surface area contributed by atoms with Crippen LogP contribution in [0.1, 0.15) is 31.0 Å². The van der Waals surface area contributed by atoms with Gasteiger partial charge in [-0.15, -0.1) is 0 Å². The van der Waals surface area contributed by atoms with Crippen molar-refractivity contribution >= 4 is 23.2 Å². The number of rotatable bonds is 6. The summed E-state index contributed by atoms with van der Waals surface area (Å²) >= 11 is 6.30. The summed E-state index contributed by atoms with van der Waals surface area (Å²) in [4.78, 5) is 16.1. The van der Waals surface area contributed by atoms with Gasteiger partial charge in [-0.1, -0.05) is 54.9 Å². The third kappa shape index (κ3) is 5.24. The number of halogens is 1. The number of piperazine rings is 1. The summed E-state index contributed by atoms with van der Waals surface area (Å²) in [6, 6.07) is 16.5. The molecule has 1 amide bonds. The Morgan fingerprint density at radius 2 is 1.81 bits per heavy atom. The highest BCUT2D eigenvalue weighted by atomic mass is 35.5. The molecule has 0 unspecified atom stereocenters. The molecule has 144 valence electrons. The van der Waals surface area contributed by atoms with Gasteiger partial charge in [-0.2, -0.15) is 0 Å². The van der Waals surface area contributed by atoms with Gasteiger partial charge in [0.2, 0.25) is 0 Å². The smallest absolute Gasteiger partial charge is 0.275 e. The number of para-hydroxylation sites is 1. The van der Waals surface area contributed by atoms with Crippen LogP contribution in [-0.4, -0.2) is 38.6 Å². The zero-order valence-electron chi connectivity index (χ0n) is 16.2. The minimum Gasteiger partial charge on any atom is -0.359 e. The van der Waals surface area contributed by atoms with Crippen LogP contribution in [-0.2, 0) is 11.2 Å². The van der Waals surface area contributed by atoms with Crippen molar-refractivity contribution in [3.05, 3.63) is 64.7 Å². The van der Waals surface area contributed by atoms with Gasteiger partial charge in [-0.05, 0) is 36.6 Å². The van der Waals surface area contributed by atoms with Crippen LogP contribution in [0.25, 0.3) is 0 Å². The first-order chi connectivity index (χ1) is 13.1. The van der Waals surface area contributed by atoms with E-state index in [-0.39, 0.29) is 11.9 Å². The van der Waals surface area contributed by atoms with E-state index in [4.69, 9.17) is 11.6 Å². The summed E-state index contributed by atoms with van der Waals surface area (Å²) in [7, 11) is 0. The van der Waals surface area contributed by atoms with Crippen LogP contribution in [0, 0.1) is 0 Å². The molecule has 1 aliphatic heterocycles. The molecule has 0 saturated carbocycles. The predicted molar refractivity (Wildman–Crippen MR) is 112 cm³/mol. The van der Waals surface area contributed by atoms with Gasteiger partial charge in [-0.25, -0.2) is 0 Å². The van der Waals surface area contributed by atoms with Crippen molar-refractivity contribution in [3.8, 4) is 0 Å². The SMILES string of the molecule is CCc1ccc([C@@H](C)NC(=O)C[NH+]2CCN(c3ccccc3Cl)CC2)cc1. The Morgan fingerprint density at radius 3 is 2.44 bits per heavy atom. The van der Waals surface area contributed by atoms with Gasteiger partial charge in [0, 0.05) is 0 Å². The quantitative estimate of drug-likeness (QED) is 0.800. The Balaban J connectivity index is 1.47. The lowest BCUT2D eigenvalue weighted by Gasteiger charge is -2.34. The van der Waals surface area contributed by atoms with Crippen molar-refractivity contribution < 1.29 is 9.69 Å². The van der Waals surface area contributed by atoms with E-state index in [0.717, 1.165) is 48.9 Å². The largest absolute Gasteiger partial charge is 0.359 e. The number of nitrogens with zero attached hydrogens (tertiary/aromatic N) is 1. The number of hydrogen-bond donors (Lipinski definition) is 2. The van der Waals surface area contributed by atoms with Crippen LogP contribution in [0.15, 0.2) is 48.5 Å². The molecular formula is C22H29ClN3O+. The fourth-order valence-corrected chi connectivity index (χ4v) is 3.85. The maximum absolute atomic E-state index is 12.5. The monoisotopic (exact) mass is 386 g/mol. The van der Waals surface area contributed by atoms with Crippen molar-refractivity contribution in [1.29, 1.82) is 0 Å². The summed E-state index contributed by atoms with van der Waals surface area (Å²) < 4.78 is 0. The maximum atomic E-state index is 12.5. The van der Waals surface area contributed by atoms with Crippen molar-refractivity contribution in [2.45, 2.75) is 26.3 Å². The molecule has 27 heavy (non-hydrogen) atoms. The Morgan fingerprint density at radius 1 is 1.15 bits per heavy atom. The average molecular weight is 387 g/mol. The Kier molecular flexibility index (Phi) is 6.75. The van der Waals surface area contributed by atoms with Gasteiger partial charge in [0.1, 0.15) is 0 Å². The van der Waals surface area contributed by atoms with Gasteiger partial charge in [0.05, 0.1) is 42.9 Å². The molecule has 5 heteroatoms. The molecule has 2 aromatic rings. The summed E-state index contributed by atoms with van der Waals surface area (Å²) in [5.41, 5.74) is 3.56. The van der Waals surface area contributed by atoms with Gasteiger partial charge in [0.15, 0.2) is 6.54 Å². The lowest BCUT2D eigenvalue weighted by atomic mass is 10.1. The first-order valence-corrected chi connectivity index (χ1v) is 10.2. The molecule has 0 aliphatic carbocycles. The van der Waals surface area contributed by atoms with E-state index in [2.05, 4.69) is 47.5 Å². The second-order valence-electron chi connectivity index (χ2n) is 7.25. The van der Waals surface area contributed by atoms with E-state index in [9.17, 15) is 4.79 Å². The topological polar surface area (TPSA) is 36.8 Å². The van der Waals surface area contributed by atoms with Crippen molar-refractivity contribution in [1.82, 2.24) is 5.32 Å². The predicted octanol–water partition coefficient (Wildman–Crippen LogP) is 2.48. The summed E-state index contributed by atoms with van der Waals surface area (Å²) in [6.45, 7) is 8.43. The highest BCUT2D eigenvalue weighted by Gasteiger charge is 2.24. The molecule has 2 N–H and O–H groups in total. The standard InChI is InChI=1S/C22H28ClN3O/c1-3-18-8-10-19(11-9-18)17(2)24-22(27)16-25-12-14-26(15-13-25)21-7-5-4-6-20(21)23/h4-11,17H,3,12-16H2,1-2H3,(H,24,27)/p+1/t17-/m1/s1. The highest BCUT2D eigenvalue weighted by Crippen LogP contribution is 2.24. The lowest BCUT2D eigenvalue weighted by molar-refractivity contribution is -0.892. The Hall–Kier alpha value is -2.04. The number of quaternary nitrogens is 1. The molecule has 0 bridgehead atoms. The third-order valence-electron chi connectivity index (χ3n) is 5.34. The van der Waals surface area contributed by atoms with E-state index < -0.39 is 0 Å². The number of aryl methyl sites for hydroxylation is 1. The number of anilines is 1. The summed E-state index contributed by atoms with van der Waals surface area (Å²) in [6.07, 6.45) is 1.03. The zero-order chi connectivity index (χ0) is 19.2. The molecule has 0 aromatic heterocycles. The van der Waals surface area contributed by atoms with Crippen LogP contribution >= 0.6 is 11.6 Å². The van der Waals surface area contributed by atoms with Crippen LogP contribution in [0.4, 0.5) is 5.69 Å². The molecular weight excluding hydrogens is 358 g/mol. The highest BCUT2D eigenvalue weighted by molar-refractivity contribution is 6.33. The lowest BCUT2D eigenvalue weighted by Crippen LogP contribution is -3.16. The number of benzene rings is 2. The van der Waals surface area contributed by atoms with Gasteiger partial charge in [-0.3, -0.25) is 4.79 Å².